The third-order valence-electron chi connectivity index (χ3n) is 3.17. The second-order valence-electron chi connectivity index (χ2n) is 4.80. The summed E-state index contributed by atoms with van der Waals surface area (Å²) < 4.78 is 6.10. The van der Waals surface area contributed by atoms with Gasteiger partial charge in [0.15, 0.2) is 6.04 Å². The highest BCUT2D eigenvalue weighted by atomic mass is 16.5. The van der Waals surface area contributed by atoms with Crippen LogP contribution in [0.2, 0.25) is 0 Å². The van der Waals surface area contributed by atoms with Gasteiger partial charge in [0.25, 0.3) is 5.56 Å². The number of hydrogen-bond donors (Lipinski definition) is 0. The molecule has 5 heteroatoms. The van der Waals surface area contributed by atoms with Crippen molar-refractivity contribution in [2.45, 2.75) is 26.8 Å². The van der Waals surface area contributed by atoms with Gasteiger partial charge in [0.2, 0.25) is 0 Å². The molecule has 1 aromatic heterocycles. The molecule has 0 saturated carbocycles. The van der Waals surface area contributed by atoms with Crippen LogP contribution in [-0.2, 0) is 9.53 Å². The Hall–Kier alpha value is -2.43. The van der Waals surface area contributed by atoms with Crippen LogP contribution in [0.3, 0.4) is 0 Å². The van der Waals surface area contributed by atoms with Gasteiger partial charge >= 0.3 is 5.97 Å². The Bertz CT molecular complexity index is 689. The van der Waals surface area contributed by atoms with Gasteiger partial charge in [0, 0.05) is 11.6 Å². The fourth-order valence-electron chi connectivity index (χ4n) is 1.94. The van der Waals surface area contributed by atoms with Gasteiger partial charge in [-0.25, -0.2) is 9.48 Å². The number of aromatic nitrogens is 2. The fraction of sp³-hybridized carbons (Fsp3) is 0.312. The maximum absolute atomic E-state index is 11.9. The SMILES string of the molecule is CCOC(=O)[C@H](C)n1nc(-c2ccc(C)cc2)ccc1=O. The molecule has 0 spiro atoms. The average molecular weight is 286 g/mol. The quantitative estimate of drug-likeness (QED) is 0.809. The van der Waals surface area contributed by atoms with E-state index < -0.39 is 12.0 Å². The molecule has 0 fully saturated rings. The van der Waals surface area contributed by atoms with Crippen molar-refractivity contribution in [3.8, 4) is 11.3 Å². The zero-order chi connectivity index (χ0) is 15.4. The van der Waals surface area contributed by atoms with E-state index in [2.05, 4.69) is 5.10 Å². The van der Waals surface area contributed by atoms with Crippen molar-refractivity contribution in [1.29, 1.82) is 0 Å². The first kappa shape index (κ1) is 15.0. The van der Waals surface area contributed by atoms with Crippen LogP contribution in [0.15, 0.2) is 41.2 Å². The van der Waals surface area contributed by atoms with Crippen molar-refractivity contribution >= 4 is 5.97 Å². The molecule has 0 N–H and O–H groups in total. The molecule has 0 amide bonds. The number of ether oxygens (including phenoxy) is 1. The molecule has 21 heavy (non-hydrogen) atoms. The van der Waals surface area contributed by atoms with Crippen molar-refractivity contribution in [2.24, 2.45) is 0 Å². The fourth-order valence-corrected chi connectivity index (χ4v) is 1.94. The molecule has 1 aromatic carbocycles. The van der Waals surface area contributed by atoms with E-state index in [0.717, 1.165) is 15.8 Å². The second-order valence-corrected chi connectivity index (χ2v) is 4.80. The molecule has 0 aliphatic heterocycles. The number of aryl methyl sites for hydroxylation is 1. The van der Waals surface area contributed by atoms with Gasteiger partial charge < -0.3 is 4.74 Å². The minimum absolute atomic E-state index is 0.273. The first-order chi connectivity index (χ1) is 10.0. The zero-order valence-electron chi connectivity index (χ0n) is 12.4. The van der Waals surface area contributed by atoms with E-state index >= 15 is 0 Å². The molecule has 0 radical (unpaired) electrons. The Morgan fingerprint density at radius 3 is 2.52 bits per heavy atom. The highest BCUT2D eigenvalue weighted by Crippen LogP contribution is 2.16. The molecule has 1 atom stereocenters. The van der Waals surface area contributed by atoms with Gasteiger partial charge in [-0.15, -0.1) is 0 Å². The minimum atomic E-state index is -0.747. The monoisotopic (exact) mass is 286 g/mol. The summed E-state index contributed by atoms with van der Waals surface area (Å²) in [6.45, 7) is 5.60. The first-order valence-electron chi connectivity index (χ1n) is 6.86. The highest BCUT2D eigenvalue weighted by molar-refractivity contribution is 5.73. The van der Waals surface area contributed by atoms with Gasteiger partial charge in [-0.05, 0) is 26.8 Å². The van der Waals surface area contributed by atoms with Crippen molar-refractivity contribution in [3.63, 3.8) is 0 Å². The third-order valence-corrected chi connectivity index (χ3v) is 3.17. The lowest BCUT2D eigenvalue weighted by Gasteiger charge is -2.13. The summed E-state index contributed by atoms with van der Waals surface area (Å²) >= 11 is 0. The maximum Gasteiger partial charge on any atom is 0.330 e. The summed E-state index contributed by atoms with van der Waals surface area (Å²) in [6.07, 6.45) is 0. The number of hydrogen-bond acceptors (Lipinski definition) is 4. The molecular formula is C16H18N2O3. The Morgan fingerprint density at radius 1 is 1.24 bits per heavy atom. The molecule has 2 rings (SSSR count). The van der Waals surface area contributed by atoms with E-state index in [1.165, 1.54) is 6.07 Å². The molecule has 0 unspecified atom stereocenters. The normalized spacial score (nSPS) is 12.0. The number of esters is 1. The van der Waals surface area contributed by atoms with Gasteiger partial charge in [0.1, 0.15) is 0 Å². The summed E-state index contributed by atoms with van der Waals surface area (Å²) in [5, 5.41) is 4.28. The molecule has 0 saturated heterocycles. The van der Waals surface area contributed by atoms with E-state index in [0.29, 0.717) is 5.69 Å². The summed E-state index contributed by atoms with van der Waals surface area (Å²) in [7, 11) is 0. The van der Waals surface area contributed by atoms with Crippen LogP contribution in [0, 0.1) is 6.92 Å². The molecule has 110 valence electrons. The first-order valence-corrected chi connectivity index (χ1v) is 6.86. The second kappa shape index (κ2) is 6.35. The Labute approximate surface area is 123 Å². The summed E-state index contributed by atoms with van der Waals surface area (Å²) in [6, 6.07) is 10.1. The molecular weight excluding hydrogens is 268 g/mol. The lowest BCUT2D eigenvalue weighted by atomic mass is 10.1. The highest BCUT2D eigenvalue weighted by Gasteiger charge is 2.18. The van der Waals surface area contributed by atoms with Crippen LogP contribution in [0.1, 0.15) is 25.5 Å². The largest absolute Gasteiger partial charge is 0.464 e. The van der Waals surface area contributed by atoms with E-state index in [9.17, 15) is 9.59 Å². The van der Waals surface area contributed by atoms with E-state index in [1.54, 1.807) is 19.9 Å². The zero-order valence-corrected chi connectivity index (χ0v) is 12.4. The predicted octanol–water partition coefficient (Wildman–Crippen LogP) is 2.34. The van der Waals surface area contributed by atoms with Crippen LogP contribution < -0.4 is 5.56 Å². The molecule has 0 aliphatic rings. The van der Waals surface area contributed by atoms with Crippen molar-refractivity contribution < 1.29 is 9.53 Å². The number of rotatable bonds is 4. The Morgan fingerprint density at radius 2 is 1.90 bits per heavy atom. The lowest BCUT2D eigenvalue weighted by Crippen LogP contribution is -2.31. The number of nitrogens with zero attached hydrogens (tertiary/aromatic N) is 2. The maximum atomic E-state index is 11.9. The Balaban J connectivity index is 2.39. The summed E-state index contributed by atoms with van der Waals surface area (Å²) in [5.74, 6) is -0.465. The van der Waals surface area contributed by atoms with E-state index in [1.807, 2.05) is 31.2 Å². The summed E-state index contributed by atoms with van der Waals surface area (Å²) in [4.78, 5) is 23.7. The van der Waals surface area contributed by atoms with Crippen molar-refractivity contribution in [3.05, 3.63) is 52.3 Å². The number of carbonyl (C=O) groups excluding carboxylic acids is 1. The van der Waals surface area contributed by atoms with Crippen LogP contribution >= 0.6 is 0 Å². The van der Waals surface area contributed by atoms with Gasteiger partial charge in [-0.1, -0.05) is 29.8 Å². The lowest BCUT2D eigenvalue weighted by molar-refractivity contribution is -0.147. The topological polar surface area (TPSA) is 61.2 Å². The third kappa shape index (κ3) is 3.37. The smallest absolute Gasteiger partial charge is 0.330 e. The van der Waals surface area contributed by atoms with Gasteiger partial charge in [-0.2, -0.15) is 5.10 Å². The molecule has 0 aliphatic carbocycles. The molecule has 2 aromatic rings. The number of benzene rings is 1. The van der Waals surface area contributed by atoms with Crippen LogP contribution in [-0.4, -0.2) is 22.4 Å². The average Bonchev–Trinajstić information content (AvgIpc) is 2.48. The standard InChI is InChI=1S/C16H18N2O3/c1-4-21-16(20)12(3)18-15(19)10-9-14(17-18)13-7-5-11(2)6-8-13/h5-10,12H,4H2,1-3H3/t12-/m0/s1. The van der Waals surface area contributed by atoms with Gasteiger partial charge in [0.05, 0.1) is 12.3 Å². The van der Waals surface area contributed by atoms with E-state index in [4.69, 9.17) is 4.74 Å². The van der Waals surface area contributed by atoms with Crippen molar-refractivity contribution in [1.82, 2.24) is 9.78 Å². The molecule has 0 bridgehead atoms. The Kier molecular flexibility index (Phi) is 4.52. The van der Waals surface area contributed by atoms with Gasteiger partial charge in [-0.3, -0.25) is 4.79 Å². The van der Waals surface area contributed by atoms with E-state index in [-0.39, 0.29) is 12.2 Å². The molecule has 5 nitrogen and oxygen atoms in total. The van der Waals surface area contributed by atoms with Crippen LogP contribution in [0.4, 0.5) is 0 Å². The summed E-state index contributed by atoms with van der Waals surface area (Å²) in [5.41, 5.74) is 2.36. The molecule has 1 heterocycles. The minimum Gasteiger partial charge on any atom is -0.464 e. The van der Waals surface area contributed by atoms with Crippen molar-refractivity contribution in [2.75, 3.05) is 6.61 Å². The number of carbonyl (C=O) groups is 1. The van der Waals surface area contributed by atoms with Crippen LogP contribution in [0.25, 0.3) is 11.3 Å². The van der Waals surface area contributed by atoms with Crippen LogP contribution in [0.5, 0.6) is 0 Å². The predicted molar refractivity (Wildman–Crippen MR) is 80.0 cm³/mol.